The average Bonchev–Trinajstić information content (AvgIpc) is 2.58. The van der Waals surface area contributed by atoms with Crippen molar-refractivity contribution in [2.24, 2.45) is 5.92 Å². The summed E-state index contributed by atoms with van der Waals surface area (Å²) in [6, 6.07) is 10.8. The van der Waals surface area contributed by atoms with Crippen LogP contribution < -0.4 is 5.32 Å². The summed E-state index contributed by atoms with van der Waals surface area (Å²) < 4.78 is 0. The molecule has 1 fully saturated rings. The third-order valence-electron chi connectivity index (χ3n) is 3.68. The molecular weight excluding hydrogens is 224 g/mol. The summed E-state index contributed by atoms with van der Waals surface area (Å²) in [4.78, 5) is 2.43. The minimum atomic E-state index is 0.245. The molecule has 1 heterocycles. The van der Waals surface area contributed by atoms with Crippen LogP contribution in [0.3, 0.4) is 0 Å². The topological polar surface area (TPSA) is 35.5 Å². The summed E-state index contributed by atoms with van der Waals surface area (Å²) in [7, 11) is 0. The third kappa shape index (κ3) is 3.80. The highest BCUT2D eigenvalue weighted by molar-refractivity contribution is 5.14. The Bertz CT molecular complexity index is 342. The lowest BCUT2D eigenvalue weighted by atomic mass is 10.1. The first-order chi connectivity index (χ1) is 8.79. The molecule has 3 heteroatoms. The molecule has 0 aliphatic carbocycles. The molecule has 3 nitrogen and oxygen atoms in total. The summed E-state index contributed by atoms with van der Waals surface area (Å²) in [6.45, 7) is 6.57. The van der Waals surface area contributed by atoms with Gasteiger partial charge in [-0.2, -0.15) is 0 Å². The maximum atomic E-state index is 9.49. The monoisotopic (exact) mass is 248 g/mol. The third-order valence-corrected chi connectivity index (χ3v) is 3.68. The molecule has 18 heavy (non-hydrogen) atoms. The molecule has 2 unspecified atom stereocenters. The van der Waals surface area contributed by atoms with Crippen molar-refractivity contribution in [3.8, 4) is 0 Å². The second-order valence-electron chi connectivity index (χ2n) is 5.33. The van der Waals surface area contributed by atoms with Gasteiger partial charge in [0.05, 0.1) is 6.61 Å². The largest absolute Gasteiger partial charge is 0.395 e. The number of benzene rings is 1. The Hall–Kier alpha value is -0.900. The van der Waals surface area contributed by atoms with E-state index in [0.29, 0.717) is 5.92 Å². The number of nitrogens with zero attached hydrogens (tertiary/aromatic N) is 1. The number of nitrogens with one attached hydrogen (secondary N) is 1. The molecule has 2 rings (SSSR count). The van der Waals surface area contributed by atoms with Gasteiger partial charge in [-0.3, -0.25) is 4.90 Å². The van der Waals surface area contributed by atoms with Crippen LogP contribution >= 0.6 is 0 Å². The van der Waals surface area contributed by atoms with Gasteiger partial charge >= 0.3 is 0 Å². The Morgan fingerprint density at radius 2 is 2.06 bits per heavy atom. The van der Waals surface area contributed by atoms with E-state index < -0.39 is 0 Å². The fourth-order valence-corrected chi connectivity index (χ4v) is 2.61. The maximum absolute atomic E-state index is 9.49. The zero-order valence-corrected chi connectivity index (χ0v) is 11.2. The van der Waals surface area contributed by atoms with Crippen LogP contribution in [0.4, 0.5) is 0 Å². The minimum Gasteiger partial charge on any atom is -0.395 e. The van der Waals surface area contributed by atoms with Gasteiger partial charge in [-0.05, 0) is 24.4 Å². The van der Waals surface area contributed by atoms with Crippen molar-refractivity contribution in [1.82, 2.24) is 10.2 Å². The van der Waals surface area contributed by atoms with Crippen LogP contribution in [-0.4, -0.2) is 48.8 Å². The van der Waals surface area contributed by atoms with Crippen LogP contribution in [0.1, 0.15) is 12.5 Å². The molecule has 0 aromatic heterocycles. The molecule has 1 aliphatic rings. The molecular formula is C15H24N2O. The van der Waals surface area contributed by atoms with Gasteiger partial charge in [0.1, 0.15) is 0 Å². The van der Waals surface area contributed by atoms with Crippen LogP contribution in [0.2, 0.25) is 0 Å². The second kappa shape index (κ2) is 6.88. The van der Waals surface area contributed by atoms with Crippen LogP contribution in [-0.2, 0) is 6.42 Å². The van der Waals surface area contributed by atoms with Crippen molar-refractivity contribution in [1.29, 1.82) is 0 Å². The van der Waals surface area contributed by atoms with Gasteiger partial charge in [-0.15, -0.1) is 0 Å². The molecule has 0 spiro atoms. The summed E-state index contributed by atoms with van der Waals surface area (Å²) in [5.41, 5.74) is 1.37. The van der Waals surface area contributed by atoms with E-state index in [1.807, 2.05) is 0 Å². The molecule has 1 aromatic rings. The summed E-state index contributed by atoms with van der Waals surface area (Å²) in [5, 5.41) is 12.9. The molecule has 0 bridgehead atoms. The van der Waals surface area contributed by atoms with E-state index in [0.717, 1.165) is 32.6 Å². The summed E-state index contributed by atoms with van der Waals surface area (Å²) >= 11 is 0. The van der Waals surface area contributed by atoms with Crippen molar-refractivity contribution in [2.45, 2.75) is 19.4 Å². The normalized spacial score (nSPS) is 25.9. The van der Waals surface area contributed by atoms with Gasteiger partial charge in [0.15, 0.2) is 0 Å². The lowest BCUT2D eigenvalue weighted by Gasteiger charge is -2.29. The van der Waals surface area contributed by atoms with E-state index in [4.69, 9.17) is 0 Å². The number of hydrogen-bond donors (Lipinski definition) is 2. The molecule has 2 N–H and O–H groups in total. The quantitative estimate of drug-likeness (QED) is 0.838. The number of aliphatic hydroxyl groups excluding tert-OH is 1. The summed E-state index contributed by atoms with van der Waals surface area (Å²) in [5.74, 6) is 0.650. The Morgan fingerprint density at radius 1 is 1.28 bits per heavy atom. The number of rotatable bonds is 4. The van der Waals surface area contributed by atoms with E-state index in [1.54, 1.807) is 0 Å². The van der Waals surface area contributed by atoms with Crippen LogP contribution in [0.25, 0.3) is 0 Å². The lowest BCUT2D eigenvalue weighted by molar-refractivity contribution is 0.125. The Morgan fingerprint density at radius 3 is 2.78 bits per heavy atom. The summed E-state index contributed by atoms with van der Waals surface area (Å²) in [6.07, 6.45) is 1.06. The molecule has 0 radical (unpaired) electrons. The van der Waals surface area contributed by atoms with Crippen molar-refractivity contribution in [2.75, 3.05) is 32.8 Å². The van der Waals surface area contributed by atoms with Gasteiger partial charge in [-0.25, -0.2) is 0 Å². The highest BCUT2D eigenvalue weighted by atomic mass is 16.3. The Balaban J connectivity index is 1.92. The highest BCUT2D eigenvalue weighted by Crippen LogP contribution is 2.10. The van der Waals surface area contributed by atoms with Crippen LogP contribution in [0.15, 0.2) is 30.3 Å². The van der Waals surface area contributed by atoms with E-state index in [9.17, 15) is 5.11 Å². The van der Waals surface area contributed by atoms with E-state index in [1.165, 1.54) is 5.56 Å². The predicted octanol–water partition coefficient (Wildman–Crippen LogP) is 1.13. The smallest absolute Gasteiger partial charge is 0.0599 e. The minimum absolute atomic E-state index is 0.245. The van der Waals surface area contributed by atoms with Gasteiger partial charge in [0.25, 0.3) is 0 Å². The maximum Gasteiger partial charge on any atom is 0.0599 e. The van der Waals surface area contributed by atoms with E-state index >= 15 is 0 Å². The van der Waals surface area contributed by atoms with Crippen LogP contribution in [0.5, 0.6) is 0 Å². The number of aliphatic hydroxyl groups is 1. The zero-order valence-electron chi connectivity index (χ0n) is 11.2. The fourth-order valence-electron chi connectivity index (χ4n) is 2.61. The van der Waals surface area contributed by atoms with Crippen molar-refractivity contribution in [3.05, 3.63) is 35.9 Å². The van der Waals surface area contributed by atoms with Crippen molar-refractivity contribution in [3.63, 3.8) is 0 Å². The SMILES string of the molecule is CC1CNCC(CO)N(CCc2ccccc2)C1. The van der Waals surface area contributed by atoms with Gasteiger partial charge < -0.3 is 10.4 Å². The molecule has 0 amide bonds. The molecule has 2 atom stereocenters. The molecule has 1 saturated heterocycles. The predicted molar refractivity (Wildman–Crippen MR) is 74.6 cm³/mol. The first-order valence-electron chi connectivity index (χ1n) is 6.89. The van der Waals surface area contributed by atoms with E-state index in [-0.39, 0.29) is 12.6 Å². The lowest BCUT2D eigenvalue weighted by Crippen LogP contribution is -2.43. The van der Waals surface area contributed by atoms with Gasteiger partial charge in [0, 0.05) is 25.7 Å². The molecule has 0 saturated carbocycles. The van der Waals surface area contributed by atoms with Crippen molar-refractivity contribution >= 4 is 0 Å². The van der Waals surface area contributed by atoms with E-state index in [2.05, 4.69) is 47.5 Å². The standard InChI is InChI=1S/C15H24N2O/c1-13-9-16-10-15(12-18)17(11-13)8-7-14-5-3-2-4-6-14/h2-6,13,15-16,18H,7-12H2,1H3. The molecule has 100 valence electrons. The first kappa shape index (κ1) is 13.5. The van der Waals surface area contributed by atoms with Crippen molar-refractivity contribution < 1.29 is 5.11 Å². The van der Waals surface area contributed by atoms with Crippen LogP contribution in [0, 0.1) is 5.92 Å². The average molecular weight is 248 g/mol. The Labute approximate surface area is 110 Å². The van der Waals surface area contributed by atoms with Gasteiger partial charge in [-0.1, -0.05) is 37.3 Å². The van der Waals surface area contributed by atoms with Gasteiger partial charge in [0.2, 0.25) is 0 Å². The fraction of sp³-hybridized carbons (Fsp3) is 0.600. The highest BCUT2D eigenvalue weighted by Gasteiger charge is 2.22. The molecule has 1 aromatic carbocycles. The zero-order chi connectivity index (χ0) is 12.8. The second-order valence-corrected chi connectivity index (χ2v) is 5.33. The first-order valence-corrected chi connectivity index (χ1v) is 6.89. The number of hydrogen-bond acceptors (Lipinski definition) is 3. The molecule has 1 aliphatic heterocycles. The Kier molecular flexibility index (Phi) is 5.17.